The smallest absolute Gasteiger partial charge is 0.368 e. The molecule has 0 aliphatic carbocycles. The summed E-state index contributed by atoms with van der Waals surface area (Å²) in [5.41, 5.74) is 4.54. The van der Waals surface area contributed by atoms with Crippen molar-refractivity contribution in [1.29, 1.82) is 0 Å². The van der Waals surface area contributed by atoms with E-state index in [1.807, 2.05) is 57.2 Å². The zero-order valence-corrected chi connectivity index (χ0v) is 15.4. The summed E-state index contributed by atoms with van der Waals surface area (Å²) < 4.78 is 8.56. The minimum Gasteiger partial charge on any atom is -0.489 e. The van der Waals surface area contributed by atoms with Crippen LogP contribution >= 0.6 is 0 Å². The Morgan fingerprint density at radius 3 is 2.58 bits per heavy atom. The topological polar surface area (TPSA) is 61.9 Å². The normalized spacial score (nSPS) is 11.2. The Bertz CT molecular complexity index is 1010. The average molecular weight is 350 g/mol. The summed E-state index contributed by atoms with van der Waals surface area (Å²) in [4.78, 5) is 12.2. The van der Waals surface area contributed by atoms with Gasteiger partial charge in [0.1, 0.15) is 12.4 Å². The van der Waals surface area contributed by atoms with E-state index in [1.165, 1.54) is 9.36 Å². The fourth-order valence-corrected chi connectivity index (χ4v) is 2.82. The maximum Gasteiger partial charge on any atom is 0.368 e. The third-order valence-electron chi connectivity index (χ3n) is 4.27. The average Bonchev–Trinajstić information content (AvgIpc) is 2.94. The van der Waals surface area contributed by atoms with E-state index >= 15 is 0 Å². The molecule has 2 aromatic carbocycles. The van der Waals surface area contributed by atoms with E-state index in [2.05, 4.69) is 22.6 Å². The zero-order chi connectivity index (χ0) is 18.7. The van der Waals surface area contributed by atoms with Crippen molar-refractivity contribution >= 4 is 6.08 Å². The van der Waals surface area contributed by atoms with Crippen molar-refractivity contribution in [3.05, 3.63) is 75.2 Å². The first-order chi connectivity index (χ1) is 12.5. The molecule has 3 rings (SSSR count). The van der Waals surface area contributed by atoms with Crippen LogP contribution in [-0.2, 0) is 13.7 Å². The molecule has 0 saturated heterocycles. The summed E-state index contributed by atoms with van der Waals surface area (Å²) in [7, 11) is 1.58. The first-order valence-electron chi connectivity index (χ1n) is 8.45. The molecular weight excluding hydrogens is 328 g/mol. The van der Waals surface area contributed by atoms with Crippen molar-refractivity contribution in [2.75, 3.05) is 0 Å². The third kappa shape index (κ3) is 3.44. The molecule has 134 valence electrons. The molecule has 1 aromatic heterocycles. The maximum absolute atomic E-state index is 12.2. The Morgan fingerprint density at radius 1 is 1.12 bits per heavy atom. The van der Waals surface area contributed by atoms with Gasteiger partial charge in [-0.15, -0.1) is 0 Å². The van der Waals surface area contributed by atoms with E-state index < -0.39 is 0 Å². The van der Waals surface area contributed by atoms with Gasteiger partial charge < -0.3 is 4.74 Å². The van der Waals surface area contributed by atoms with Gasteiger partial charge in [-0.2, -0.15) is 9.36 Å². The van der Waals surface area contributed by atoms with E-state index in [4.69, 9.17) is 4.74 Å². The second kappa shape index (κ2) is 7.39. The van der Waals surface area contributed by atoms with Crippen LogP contribution < -0.4 is 10.4 Å². The van der Waals surface area contributed by atoms with Gasteiger partial charge in [0.05, 0.1) is 5.69 Å². The van der Waals surface area contributed by atoms with Gasteiger partial charge in [0.15, 0.2) is 0 Å². The van der Waals surface area contributed by atoms with Crippen molar-refractivity contribution in [2.45, 2.75) is 27.4 Å². The SMILES string of the molecule is CC=Cc1ccc(OCc2c(C)cccc2-n2nnn(C)c2=O)c(C)c1. The molecule has 6 nitrogen and oxygen atoms in total. The van der Waals surface area contributed by atoms with Crippen molar-refractivity contribution in [3.8, 4) is 11.4 Å². The predicted octanol–water partition coefficient (Wildman–Crippen LogP) is 3.19. The molecule has 0 fully saturated rings. The maximum atomic E-state index is 12.2. The summed E-state index contributed by atoms with van der Waals surface area (Å²) in [5.74, 6) is 0.818. The van der Waals surface area contributed by atoms with Crippen molar-refractivity contribution in [1.82, 2.24) is 19.8 Å². The van der Waals surface area contributed by atoms with Crippen LogP contribution in [0.4, 0.5) is 0 Å². The molecule has 0 N–H and O–H groups in total. The minimum atomic E-state index is -0.288. The number of aryl methyl sites for hydroxylation is 3. The second-order valence-corrected chi connectivity index (χ2v) is 6.18. The van der Waals surface area contributed by atoms with Gasteiger partial charge in [0.25, 0.3) is 0 Å². The third-order valence-corrected chi connectivity index (χ3v) is 4.27. The van der Waals surface area contributed by atoms with Gasteiger partial charge >= 0.3 is 5.69 Å². The molecule has 0 spiro atoms. The number of tetrazole rings is 1. The minimum absolute atomic E-state index is 0.288. The lowest BCUT2D eigenvalue weighted by atomic mass is 10.1. The molecular formula is C20H22N4O2. The van der Waals surface area contributed by atoms with Crippen LogP contribution in [0.25, 0.3) is 11.8 Å². The second-order valence-electron chi connectivity index (χ2n) is 6.18. The molecule has 6 heteroatoms. The summed E-state index contributed by atoms with van der Waals surface area (Å²) in [5, 5.41) is 7.74. The molecule has 3 aromatic rings. The molecule has 26 heavy (non-hydrogen) atoms. The van der Waals surface area contributed by atoms with Crippen LogP contribution in [0.1, 0.15) is 29.2 Å². The van der Waals surface area contributed by atoms with Crippen LogP contribution in [0.15, 0.2) is 47.3 Å². The number of rotatable bonds is 5. The molecule has 0 aliphatic heterocycles. The lowest BCUT2D eigenvalue weighted by Gasteiger charge is -2.14. The molecule has 0 aliphatic rings. The monoisotopic (exact) mass is 350 g/mol. The highest BCUT2D eigenvalue weighted by molar-refractivity contribution is 5.53. The first-order valence-corrected chi connectivity index (χ1v) is 8.45. The van der Waals surface area contributed by atoms with Crippen molar-refractivity contribution in [3.63, 3.8) is 0 Å². The highest BCUT2D eigenvalue weighted by Gasteiger charge is 2.14. The number of nitrogens with zero attached hydrogens (tertiary/aromatic N) is 4. The Morgan fingerprint density at radius 2 is 1.92 bits per heavy atom. The number of benzene rings is 2. The largest absolute Gasteiger partial charge is 0.489 e. The molecule has 1 heterocycles. The summed E-state index contributed by atoms with van der Waals surface area (Å²) in [6, 6.07) is 11.8. The lowest BCUT2D eigenvalue weighted by molar-refractivity contribution is 0.302. The predicted molar refractivity (Wildman–Crippen MR) is 102 cm³/mol. The van der Waals surface area contributed by atoms with Crippen LogP contribution in [0.3, 0.4) is 0 Å². The van der Waals surface area contributed by atoms with Gasteiger partial charge in [-0.1, -0.05) is 30.4 Å². The quantitative estimate of drug-likeness (QED) is 0.709. The number of ether oxygens (including phenoxy) is 1. The fraction of sp³-hybridized carbons (Fsp3) is 0.250. The van der Waals surface area contributed by atoms with Crippen LogP contribution in [0.5, 0.6) is 5.75 Å². The molecule has 0 saturated carbocycles. The first kappa shape index (κ1) is 17.7. The van der Waals surface area contributed by atoms with Gasteiger partial charge in [0.2, 0.25) is 0 Å². The number of hydrogen-bond donors (Lipinski definition) is 0. The highest BCUT2D eigenvalue weighted by Crippen LogP contribution is 2.24. The van der Waals surface area contributed by atoms with Gasteiger partial charge in [-0.05, 0) is 66.1 Å². The summed E-state index contributed by atoms with van der Waals surface area (Å²) in [6.07, 6.45) is 4.06. The van der Waals surface area contributed by atoms with Crippen molar-refractivity contribution < 1.29 is 4.74 Å². The van der Waals surface area contributed by atoms with Crippen LogP contribution in [0.2, 0.25) is 0 Å². The molecule has 0 bridgehead atoms. The number of hydrogen-bond acceptors (Lipinski definition) is 4. The Balaban J connectivity index is 1.91. The van der Waals surface area contributed by atoms with E-state index in [0.717, 1.165) is 28.0 Å². The zero-order valence-electron chi connectivity index (χ0n) is 15.4. The van der Waals surface area contributed by atoms with E-state index in [-0.39, 0.29) is 5.69 Å². The Labute approximate surface area is 152 Å². The van der Waals surface area contributed by atoms with E-state index in [1.54, 1.807) is 7.05 Å². The van der Waals surface area contributed by atoms with Gasteiger partial charge in [-0.3, -0.25) is 0 Å². The molecule has 0 atom stereocenters. The standard InChI is InChI=1S/C20H22N4O2/c1-5-7-16-10-11-19(15(3)12-16)26-13-17-14(2)8-6-9-18(17)24-20(25)23(4)21-22-24/h5-12H,13H2,1-4H3. The molecule has 0 unspecified atom stereocenters. The summed E-state index contributed by atoms with van der Waals surface area (Å²) >= 11 is 0. The Kier molecular flexibility index (Phi) is 5.02. The van der Waals surface area contributed by atoms with Crippen LogP contribution in [0, 0.1) is 13.8 Å². The van der Waals surface area contributed by atoms with E-state index in [9.17, 15) is 4.79 Å². The number of allylic oxidation sites excluding steroid dienone is 1. The number of aromatic nitrogens is 4. The Hall–Kier alpha value is -3.15. The van der Waals surface area contributed by atoms with Gasteiger partial charge in [0, 0.05) is 12.6 Å². The highest BCUT2D eigenvalue weighted by atomic mass is 16.5. The molecule has 0 amide bonds. The van der Waals surface area contributed by atoms with Gasteiger partial charge in [-0.25, -0.2) is 4.79 Å². The fourth-order valence-electron chi connectivity index (χ4n) is 2.82. The summed E-state index contributed by atoms with van der Waals surface area (Å²) in [6.45, 7) is 6.35. The molecule has 0 radical (unpaired) electrons. The van der Waals surface area contributed by atoms with Crippen molar-refractivity contribution in [2.24, 2.45) is 7.05 Å². The van der Waals surface area contributed by atoms with Crippen LogP contribution in [-0.4, -0.2) is 19.8 Å². The lowest BCUT2D eigenvalue weighted by Crippen LogP contribution is -2.23. The van der Waals surface area contributed by atoms with E-state index in [0.29, 0.717) is 12.3 Å².